The molecule has 0 bridgehead atoms. The van der Waals surface area contributed by atoms with Gasteiger partial charge in [-0.3, -0.25) is 9.69 Å². The Labute approximate surface area is 118 Å². The van der Waals surface area contributed by atoms with Crippen molar-refractivity contribution in [2.24, 2.45) is 5.73 Å². The summed E-state index contributed by atoms with van der Waals surface area (Å²) in [7, 11) is 1.87. The largest absolute Gasteiger partial charge is 0.345 e. The van der Waals surface area contributed by atoms with Gasteiger partial charge in [0.1, 0.15) is 0 Å². The average molecular weight is 277 g/mol. The molecule has 5 heteroatoms. The summed E-state index contributed by atoms with van der Waals surface area (Å²) >= 11 is 1.69. The molecule has 0 unspecified atom stereocenters. The van der Waals surface area contributed by atoms with Crippen molar-refractivity contribution in [2.45, 2.75) is 13.0 Å². The van der Waals surface area contributed by atoms with Crippen LogP contribution in [0.1, 0.15) is 16.9 Å². The predicted octanol–water partition coefficient (Wildman–Crippen LogP) is 0.722. The van der Waals surface area contributed by atoms with E-state index in [1.165, 1.54) is 4.88 Å². The van der Waals surface area contributed by atoms with Crippen molar-refractivity contribution in [2.75, 3.05) is 33.2 Å². The first-order chi connectivity index (χ1) is 9.20. The number of nitrogens with two attached hydrogens (primary N) is 1. The van der Waals surface area contributed by atoms with Gasteiger partial charge in [-0.1, -0.05) is 11.8 Å². The molecule has 2 N–H and O–H groups in total. The van der Waals surface area contributed by atoms with Crippen LogP contribution in [-0.2, 0) is 11.3 Å². The maximum absolute atomic E-state index is 11.9. The fraction of sp³-hybridized carbons (Fsp3) is 0.500. The van der Waals surface area contributed by atoms with E-state index >= 15 is 0 Å². The van der Waals surface area contributed by atoms with Crippen LogP contribution < -0.4 is 5.73 Å². The molecular weight excluding hydrogens is 258 g/mol. The zero-order valence-corrected chi connectivity index (χ0v) is 12.0. The molecule has 1 aromatic rings. The van der Waals surface area contributed by atoms with E-state index in [2.05, 4.69) is 16.7 Å². The SMILES string of the molecule is CN1CCCN(Cc2sccc2C#CCN)CC1=O. The second-order valence-electron chi connectivity index (χ2n) is 4.64. The van der Waals surface area contributed by atoms with Gasteiger partial charge in [0.2, 0.25) is 5.91 Å². The molecular formula is C14H19N3OS. The summed E-state index contributed by atoms with van der Waals surface area (Å²) in [5, 5.41) is 2.04. The van der Waals surface area contributed by atoms with E-state index in [-0.39, 0.29) is 5.91 Å². The molecule has 0 aliphatic carbocycles. The van der Waals surface area contributed by atoms with Crippen LogP contribution in [0.5, 0.6) is 0 Å². The minimum atomic E-state index is 0.198. The fourth-order valence-corrected chi connectivity index (χ4v) is 2.98. The summed E-state index contributed by atoms with van der Waals surface area (Å²) < 4.78 is 0. The zero-order chi connectivity index (χ0) is 13.7. The second-order valence-corrected chi connectivity index (χ2v) is 5.64. The standard InChI is InChI=1S/C14H19N3OS/c1-16-7-3-8-17(11-14(16)18)10-13-12(4-2-6-15)5-9-19-13/h5,9H,3,6-8,10-11,15H2,1H3. The van der Waals surface area contributed by atoms with Crippen LogP contribution in [0, 0.1) is 11.8 Å². The number of hydrogen-bond donors (Lipinski definition) is 1. The first-order valence-electron chi connectivity index (χ1n) is 6.42. The van der Waals surface area contributed by atoms with E-state index in [1.54, 1.807) is 11.3 Å². The van der Waals surface area contributed by atoms with Crippen molar-refractivity contribution in [3.63, 3.8) is 0 Å². The molecule has 1 saturated heterocycles. The molecule has 0 saturated carbocycles. The lowest BCUT2D eigenvalue weighted by molar-refractivity contribution is -0.129. The molecule has 4 nitrogen and oxygen atoms in total. The van der Waals surface area contributed by atoms with E-state index in [9.17, 15) is 4.79 Å². The third-order valence-electron chi connectivity index (χ3n) is 3.19. The number of nitrogens with zero attached hydrogens (tertiary/aromatic N) is 2. The van der Waals surface area contributed by atoms with Gasteiger partial charge in [-0.05, 0) is 17.9 Å². The number of carbonyl (C=O) groups excluding carboxylic acids is 1. The Kier molecular flexibility index (Phi) is 4.97. The average Bonchev–Trinajstić information content (AvgIpc) is 2.76. The smallest absolute Gasteiger partial charge is 0.236 e. The maximum atomic E-state index is 11.9. The Morgan fingerprint density at radius 2 is 2.32 bits per heavy atom. The van der Waals surface area contributed by atoms with Crippen LogP contribution >= 0.6 is 11.3 Å². The molecule has 1 fully saturated rings. The molecule has 2 heterocycles. The van der Waals surface area contributed by atoms with Crippen LogP contribution in [0.2, 0.25) is 0 Å². The summed E-state index contributed by atoms with van der Waals surface area (Å²) in [6.45, 7) is 3.48. The summed E-state index contributed by atoms with van der Waals surface area (Å²) in [6, 6.07) is 2.02. The molecule has 1 aromatic heterocycles. The molecule has 0 atom stereocenters. The first-order valence-corrected chi connectivity index (χ1v) is 7.30. The highest BCUT2D eigenvalue weighted by Crippen LogP contribution is 2.19. The van der Waals surface area contributed by atoms with Crippen LogP contribution in [0.15, 0.2) is 11.4 Å². The van der Waals surface area contributed by atoms with Crippen LogP contribution in [0.3, 0.4) is 0 Å². The van der Waals surface area contributed by atoms with E-state index in [0.717, 1.165) is 31.6 Å². The lowest BCUT2D eigenvalue weighted by Crippen LogP contribution is -2.33. The second kappa shape index (κ2) is 6.71. The Bertz CT molecular complexity index is 500. The lowest BCUT2D eigenvalue weighted by Gasteiger charge is -2.18. The van der Waals surface area contributed by atoms with E-state index in [1.807, 2.05) is 23.4 Å². The molecule has 2 rings (SSSR count). The third kappa shape index (κ3) is 3.80. The monoisotopic (exact) mass is 277 g/mol. The van der Waals surface area contributed by atoms with Gasteiger partial charge < -0.3 is 10.6 Å². The van der Waals surface area contributed by atoms with Gasteiger partial charge in [-0.15, -0.1) is 11.3 Å². The minimum Gasteiger partial charge on any atom is -0.345 e. The van der Waals surface area contributed by atoms with Crippen molar-refractivity contribution in [3.05, 3.63) is 21.9 Å². The highest BCUT2D eigenvalue weighted by molar-refractivity contribution is 7.10. The number of carbonyl (C=O) groups is 1. The quantitative estimate of drug-likeness (QED) is 0.811. The van der Waals surface area contributed by atoms with Gasteiger partial charge in [-0.25, -0.2) is 0 Å². The topological polar surface area (TPSA) is 49.6 Å². The Morgan fingerprint density at radius 1 is 1.47 bits per heavy atom. The number of rotatable bonds is 2. The first kappa shape index (κ1) is 14.1. The molecule has 1 aliphatic rings. The van der Waals surface area contributed by atoms with Gasteiger partial charge in [0, 0.05) is 37.1 Å². The van der Waals surface area contributed by atoms with Crippen molar-refractivity contribution in [1.82, 2.24) is 9.80 Å². The molecule has 102 valence electrons. The highest BCUT2D eigenvalue weighted by atomic mass is 32.1. The van der Waals surface area contributed by atoms with Crippen LogP contribution in [0.4, 0.5) is 0 Å². The van der Waals surface area contributed by atoms with Gasteiger partial charge in [0.15, 0.2) is 0 Å². The summed E-state index contributed by atoms with van der Waals surface area (Å²) in [6.07, 6.45) is 1.03. The number of amides is 1. The number of thiophene rings is 1. The van der Waals surface area contributed by atoms with Gasteiger partial charge in [-0.2, -0.15) is 0 Å². The Morgan fingerprint density at radius 3 is 3.11 bits per heavy atom. The Balaban J connectivity index is 2.04. The van der Waals surface area contributed by atoms with Crippen LogP contribution in [-0.4, -0.2) is 48.9 Å². The summed E-state index contributed by atoms with van der Waals surface area (Å²) in [4.78, 5) is 17.1. The molecule has 1 amide bonds. The zero-order valence-electron chi connectivity index (χ0n) is 11.2. The molecule has 0 aromatic carbocycles. The molecule has 19 heavy (non-hydrogen) atoms. The molecule has 0 spiro atoms. The highest BCUT2D eigenvalue weighted by Gasteiger charge is 2.19. The fourth-order valence-electron chi connectivity index (χ4n) is 2.11. The Hall–Kier alpha value is -1.35. The summed E-state index contributed by atoms with van der Waals surface area (Å²) in [5.41, 5.74) is 6.44. The van der Waals surface area contributed by atoms with Crippen LogP contribution in [0.25, 0.3) is 0 Å². The van der Waals surface area contributed by atoms with E-state index < -0.39 is 0 Å². The number of likely N-dealkylation sites (N-methyl/N-ethyl adjacent to an activating group) is 1. The van der Waals surface area contributed by atoms with Crippen molar-refractivity contribution >= 4 is 17.2 Å². The van der Waals surface area contributed by atoms with Gasteiger partial charge >= 0.3 is 0 Å². The summed E-state index contributed by atoms with van der Waals surface area (Å²) in [5.74, 6) is 6.18. The molecule has 1 aliphatic heterocycles. The van der Waals surface area contributed by atoms with E-state index in [4.69, 9.17) is 5.73 Å². The normalized spacial score (nSPS) is 16.9. The molecule has 0 radical (unpaired) electrons. The minimum absolute atomic E-state index is 0.198. The van der Waals surface area contributed by atoms with Gasteiger partial charge in [0.25, 0.3) is 0 Å². The van der Waals surface area contributed by atoms with E-state index in [0.29, 0.717) is 13.1 Å². The van der Waals surface area contributed by atoms with Crippen molar-refractivity contribution in [3.8, 4) is 11.8 Å². The predicted molar refractivity (Wildman–Crippen MR) is 77.8 cm³/mol. The van der Waals surface area contributed by atoms with Gasteiger partial charge in [0.05, 0.1) is 13.1 Å². The van der Waals surface area contributed by atoms with Crippen molar-refractivity contribution in [1.29, 1.82) is 0 Å². The maximum Gasteiger partial charge on any atom is 0.236 e. The third-order valence-corrected chi connectivity index (χ3v) is 4.10. The lowest BCUT2D eigenvalue weighted by atomic mass is 10.2. The van der Waals surface area contributed by atoms with Crippen molar-refractivity contribution < 1.29 is 4.79 Å². The number of hydrogen-bond acceptors (Lipinski definition) is 4.